The Hall–Kier alpha value is -2.60. The first-order valence-corrected chi connectivity index (χ1v) is 10.8. The van der Waals surface area contributed by atoms with Crippen LogP contribution in [-0.2, 0) is 6.18 Å². The van der Waals surface area contributed by atoms with Crippen LogP contribution in [-0.4, -0.2) is 34.9 Å². The van der Waals surface area contributed by atoms with Gasteiger partial charge in [-0.1, -0.05) is 0 Å². The Morgan fingerprint density at radius 3 is 2.65 bits per heavy atom. The summed E-state index contributed by atoms with van der Waals surface area (Å²) in [6, 6.07) is 9.16. The van der Waals surface area contributed by atoms with E-state index in [4.69, 9.17) is 0 Å². The van der Waals surface area contributed by atoms with Crippen molar-refractivity contribution in [3.8, 4) is 6.07 Å². The third-order valence-electron chi connectivity index (χ3n) is 5.93. The molecule has 0 bridgehead atoms. The Labute approximate surface area is 186 Å². The first-order chi connectivity index (χ1) is 14.8. The fourth-order valence-corrected chi connectivity index (χ4v) is 4.52. The van der Waals surface area contributed by atoms with E-state index in [0.717, 1.165) is 18.7 Å². The van der Waals surface area contributed by atoms with Crippen LogP contribution in [0.1, 0.15) is 40.7 Å². The molecule has 1 saturated heterocycles. The van der Waals surface area contributed by atoms with E-state index in [0.29, 0.717) is 46.3 Å². The average molecular weight is 493 g/mol. The van der Waals surface area contributed by atoms with Gasteiger partial charge in [0.15, 0.2) is 0 Å². The van der Waals surface area contributed by atoms with E-state index < -0.39 is 11.7 Å². The van der Waals surface area contributed by atoms with Crippen molar-refractivity contribution >= 4 is 27.7 Å². The summed E-state index contributed by atoms with van der Waals surface area (Å²) in [6.45, 7) is 1.03. The van der Waals surface area contributed by atoms with Crippen molar-refractivity contribution in [3.63, 3.8) is 0 Å². The van der Waals surface area contributed by atoms with Gasteiger partial charge >= 0.3 is 6.18 Å². The topological polar surface area (TPSA) is 69.0 Å². The van der Waals surface area contributed by atoms with Crippen molar-refractivity contribution in [1.82, 2.24) is 9.88 Å². The van der Waals surface area contributed by atoms with Gasteiger partial charge in [0.1, 0.15) is 5.82 Å². The maximum Gasteiger partial charge on any atom is 0.417 e. The number of aromatic nitrogens is 1. The first-order valence-electron chi connectivity index (χ1n) is 10.0. The molecular formula is C22H20BrF3N4O. The molecule has 1 unspecified atom stereocenters. The van der Waals surface area contributed by atoms with E-state index in [-0.39, 0.29) is 11.9 Å². The predicted molar refractivity (Wildman–Crippen MR) is 112 cm³/mol. The largest absolute Gasteiger partial charge is 0.417 e. The number of carbonyl (C=O) groups is 1. The molecule has 2 aliphatic rings. The summed E-state index contributed by atoms with van der Waals surface area (Å²) in [5, 5.41) is 12.3. The van der Waals surface area contributed by atoms with Crippen molar-refractivity contribution in [2.45, 2.75) is 31.5 Å². The molecule has 2 atom stereocenters. The van der Waals surface area contributed by atoms with Gasteiger partial charge in [0, 0.05) is 29.8 Å². The Bertz CT molecular complexity index is 1010. The van der Waals surface area contributed by atoms with Crippen LogP contribution in [0, 0.1) is 23.2 Å². The Morgan fingerprint density at radius 2 is 2.03 bits per heavy atom. The zero-order valence-electron chi connectivity index (χ0n) is 16.5. The molecule has 5 nitrogen and oxygen atoms in total. The van der Waals surface area contributed by atoms with Gasteiger partial charge in [-0.05, 0) is 77.4 Å². The molecule has 2 heterocycles. The fourth-order valence-electron chi connectivity index (χ4n) is 4.11. The van der Waals surface area contributed by atoms with Crippen molar-refractivity contribution in [3.05, 3.63) is 57.7 Å². The zero-order chi connectivity index (χ0) is 22.2. The van der Waals surface area contributed by atoms with E-state index in [1.165, 1.54) is 18.9 Å². The van der Waals surface area contributed by atoms with Crippen molar-refractivity contribution in [1.29, 1.82) is 5.26 Å². The lowest BCUT2D eigenvalue weighted by Gasteiger charge is -2.26. The van der Waals surface area contributed by atoms with Gasteiger partial charge in [0.2, 0.25) is 0 Å². The maximum absolute atomic E-state index is 13.3. The minimum atomic E-state index is -4.43. The molecule has 1 N–H and O–H groups in total. The summed E-state index contributed by atoms with van der Waals surface area (Å²) >= 11 is 3.41. The first kappa shape index (κ1) is 21.6. The van der Waals surface area contributed by atoms with Gasteiger partial charge in [0.25, 0.3) is 5.91 Å². The minimum Gasteiger partial charge on any atom is -0.368 e. The number of likely N-dealkylation sites (tertiary alicyclic amines) is 1. The van der Waals surface area contributed by atoms with E-state index >= 15 is 0 Å². The van der Waals surface area contributed by atoms with E-state index in [1.807, 2.05) is 4.90 Å². The number of anilines is 1. The van der Waals surface area contributed by atoms with Crippen LogP contribution in [0.25, 0.3) is 0 Å². The molecule has 1 aromatic carbocycles. The SMILES string of the molecule is N#Cc1ccc(Br)c(C(=O)N2CC(C3CC3)C[C@H]2CNc2ccc(C(F)(F)F)cn2)c1. The highest BCUT2D eigenvalue weighted by Crippen LogP contribution is 2.43. The number of nitrogens with zero attached hydrogens (tertiary/aromatic N) is 3. The second kappa shape index (κ2) is 8.50. The number of rotatable bonds is 5. The number of halogens is 4. The lowest BCUT2D eigenvalue weighted by atomic mass is 10.0. The third kappa shape index (κ3) is 4.85. The van der Waals surface area contributed by atoms with E-state index in [9.17, 15) is 23.2 Å². The molecule has 0 radical (unpaired) electrons. The number of hydrogen-bond acceptors (Lipinski definition) is 4. The van der Waals surface area contributed by atoms with Gasteiger partial charge in [0.05, 0.1) is 22.8 Å². The van der Waals surface area contributed by atoms with Crippen LogP contribution < -0.4 is 5.32 Å². The van der Waals surface area contributed by atoms with Crippen LogP contribution in [0.3, 0.4) is 0 Å². The number of hydrogen-bond donors (Lipinski definition) is 1. The molecule has 9 heteroatoms. The zero-order valence-corrected chi connectivity index (χ0v) is 18.1. The molecule has 1 aliphatic heterocycles. The van der Waals surface area contributed by atoms with Gasteiger partial charge in [-0.2, -0.15) is 18.4 Å². The molecule has 1 aromatic heterocycles. The summed E-state index contributed by atoms with van der Waals surface area (Å²) < 4.78 is 38.8. The number of alkyl halides is 3. The molecule has 4 rings (SSSR count). The summed E-state index contributed by atoms with van der Waals surface area (Å²) in [5.41, 5.74) is 0.0491. The van der Waals surface area contributed by atoms with E-state index in [2.05, 4.69) is 32.3 Å². The number of pyridine rings is 1. The highest BCUT2D eigenvalue weighted by Gasteiger charge is 2.42. The molecular weight excluding hydrogens is 473 g/mol. The summed E-state index contributed by atoms with van der Waals surface area (Å²) in [6.07, 6.45) is -0.456. The number of nitriles is 1. The van der Waals surface area contributed by atoms with Gasteiger partial charge < -0.3 is 10.2 Å². The van der Waals surface area contributed by atoms with E-state index in [1.54, 1.807) is 18.2 Å². The highest BCUT2D eigenvalue weighted by atomic mass is 79.9. The van der Waals surface area contributed by atoms with Gasteiger partial charge in [-0.15, -0.1) is 0 Å². The molecule has 2 fully saturated rings. The summed E-state index contributed by atoms with van der Waals surface area (Å²) in [5.74, 6) is 1.22. The second-order valence-electron chi connectivity index (χ2n) is 8.06. The minimum absolute atomic E-state index is 0.111. The number of nitrogens with one attached hydrogen (secondary N) is 1. The molecule has 1 saturated carbocycles. The quantitative estimate of drug-likeness (QED) is 0.631. The Morgan fingerprint density at radius 1 is 1.26 bits per heavy atom. The second-order valence-corrected chi connectivity index (χ2v) is 8.92. The van der Waals surface area contributed by atoms with Crippen molar-refractivity contribution in [2.24, 2.45) is 11.8 Å². The predicted octanol–water partition coefficient (Wildman–Crippen LogP) is 5.09. The molecule has 1 amide bonds. The van der Waals surface area contributed by atoms with Crippen molar-refractivity contribution < 1.29 is 18.0 Å². The van der Waals surface area contributed by atoms with Gasteiger partial charge in [-0.25, -0.2) is 4.98 Å². The number of carbonyl (C=O) groups excluding carboxylic acids is 1. The molecule has 1 aliphatic carbocycles. The summed E-state index contributed by atoms with van der Waals surface area (Å²) in [4.78, 5) is 19.0. The van der Waals surface area contributed by atoms with Crippen LogP contribution in [0.5, 0.6) is 0 Å². The standard InChI is InChI=1S/C22H20BrF3N4O/c23-19-5-1-13(9-27)7-18(19)21(31)30-12-15(14-2-3-14)8-17(30)11-29-20-6-4-16(10-28-20)22(24,25)26/h1,4-7,10,14-15,17H,2-3,8,11-12H2,(H,28,29)/t15?,17-/m0/s1. The summed E-state index contributed by atoms with van der Waals surface area (Å²) in [7, 11) is 0. The Balaban J connectivity index is 1.50. The Kier molecular flexibility index (Phi) is 5.93. The molecule has 0 spiro atoms. The maximum atomic E-state index is 13.3. The highest BCUT2D eigenvalue weighted by molar-refractivity contribution is 9.10. The van der Waals surface area contributed by atoms with Crippen LogP contribution in [0.15, 0.2) is 41.0 Å². The van der Waals surface area contributed by atoms with Crippen LogP contribution in [0.2, 0.25) is 0 Å². The number of amides is 1. The monoisotopic (exact) mass is 492 g/mol. The lowest BCUT2D eigenvalue weighted by Crippen LogP contribution is -2.40. The third-order valence-corrected chi connectivity index (χ3v) is 6.62. The lowest BCUT2D eigenvalue weighted by molar-refractivity contribution is -0.137. The normalized spacial score (nSPS) is 21.1. The van der Waals surface area contributed by atoms with Crippen molar-refractivity contribution in [2.75, 3.05) is 18.4 Å². The smallest absolute Gasteiger partial charge is 0.368 e. The molecule has 162 valence electrons. The molecule has 31 heavy (non-hydrogen) atoms. The fraction of sp³-hybridized carbons (Fsp3) is 0.409. The average Bonchev–Trinajstić information content (AvgIpc) is 3.51. The molecule has 2 aromatic rings. The number of benzene rings is 1. The van der Waals surface area contributed by atoms with Gasteiger partial charge in [-0.3, -0.25) is 4.79 Å². The van der Waals surface area contributed by atoms with Crippen LogP contribution >= 0.6 is 15.9 Å². The van der Waals surface area contributed by atoms with Crippen LogP contribution in [0.4, 0.5) is 19.0 Å².